The van der Waals surface area contributed by atoms with Crippen LogP contribution in [0.15, 0.2) is 70.7 Å². The number of sulfonamides is 1. The summed E-state index contributed by atoms with van der Waals surface area (Å²) in [5, 5.41) is 6.42. The Balaban J connectivity index is 1.33. The van der Waals surface area contributed by atoms with Gasteiger partial charge in [0, 0.05) is 30.9 Å². The summed E-state index contributed by atoms with van der Waals surface area (Å²) in [6.45, 7) is 1.53. The molecule has 2 aromatic carbocycles. The second-order valence-corrected chi connectivity index (χ2v) is 9.40. The van der Waals surface area contributed by atoms with Gasteiger partial charge in [0.25, 0.3) is 0 Å². The lowest BCUT2D eigenvalue weighted by Crippen LogP contribution is -2.25. The summed E-state index contributed by atoms with van der Waals surface area (Å²) < 4.78 is 29.1. The van der Waals surface area contributed by atoms with Crippen molar-refractivity contribution in [3.05, 3.63) is 66.4 Å². The maximum Gasteiger partial charge on any atom is 0.240 e. The number of aryl methyl sites for hydroxylation is 1. The average molecular weight is 447 g/mol. The molecule has 4 aromatic rings. The summed E-state index contributed by atoms with van der Waals surface area (Å²) in [7, 11) is -3.51. The number of nitrogens with two attached hydrogens (primary N) is 1. The number of benzene rings is 2. The molecule has 32 heavy (non-hydrogen) atoms. The van der Waals surface area contributed by atoms with E-state index in [1.807, 2.05) is 30.6 Å². The molecule has 3 N–H and O–H groups in total. The Bertz CT molecular complexity index is 1470. The van der Waals surface area contributed by atoms with Gasteiger partial charge in [-0.1, -0.05) is 24.3 Å². The van der Waals surface area contributed by atoms with Crippen LogP contribution in [0.2, 0.25) is 0 Å². The topological polar surface area (TPSA) is 115 Å². The first-order valence-electron chi connectivity index (χ1n) is 10.3. The smallest absolute Gasteiger partial charge is 0.240 e. The van der Waals surface area contributed by atoms with Crippen LogP contribution in [0.1, 0.15) is 12.0 Å². The van der Waals surface area contributed by atoms with Gasteiger partial charge in [-0.3, -0.25) is 9.67 Å². The molecule has 0 radical (unpaired) electrons. The molecular weight excluding hydrogens is 424 g/mol. The van der Waals surface area contributed by atoms with E-state index in [4.69, 9.17) is 10.8 Å². The molecule has 5 rings (SSSR count). The van der Waals surface area contributed by atoms with Gasteiger partial charge in [0.1, 0.15) is 11.3 Å². The number of nitrogen functional groups attached to an aromatic ring is 1. The minimum Gasteiger partial charge on any atom is -0.383 e. The second-order valence-electron chi connectivity index (χ2n) is 7.63. The van der Waals surface area contributed by atoms with E-state index in [1.165, 1.54) is 0 Å². The number of aromatic nitrogens is 3. The molecule has 0 bridgehead atoms. The largest absolute Gasteiger partial charge is 0.383 e. The van der Waals surface area contributed by atoms with E-state index >= 15 is 0 Å². The number of hydrogen-bond donors (Lipinski definition) is 2. The molecule has 3 heterocycles. The Morgan fingerprint density at radius 3 is 2.72 bits per heavy atom. The third-order valence-corrected chi connectivity index (χ3v) is 6.93. The van der Waals surface area contributed by atoms with E-state index in [1.54, 1.807) is 35.0 Å². The third-order valence-electron chi connectivity index (χ3n) is 5.45. The number of pyridine rings is 1. The molecule has 9 heteroatoms. The van der Waals surface area contributed by atoms with Crippen LogP contribution in [0.3, 0.4) is 0 Å². The summed E-state index contributed by atoms with van der Waals surface area (Å²) >= 11 is 0. The maximum absolute atomic E-state index is 12.3. The zero-order valence-corrected chi connectivity index (χ0v) is 18.1. The fourth-order valence-corrected chi connectivity index (χ4v) is 4.90. The quantitative estimate of drug-likeness (QED) is 0.424. The fourth-order valence-electron chi connectivity index (χ4n) is 3.80. The summed E-state index contributed by atoms with van der Waals surface area (Å²) in [6, 6.07) is 14.4. The number of fused-ring (bicyclic) bond motifs is 3. The molecule has 1 aliphatic heterocycles. The number of hydrogen-bond acceptors (Lipinski definition) is 6. The van der Waals surface area contributed by atoms with Crippen LogP contribution in [-0.4, -0.2) is 42.5 Å². The van der Waals surface area contributed by atoms with E-state index in [0.29, 0.717) is 31.9 Å². The molecule has 0 atom stereocenters. The van der Waals surface area contributed by atoms with Gasteiger partial charge in [-0.15, -0.1) is 0 Å². The first-order chi connectivity index (χ1) is 15.5. The first kappa shape index (κ1) is 20.3. The second kappa shape index (κ2) is 8.18. The molecule has 0 spiro atoms. The Morgan fingerprint density at radius 2 is 1.94 bits per heavy atom. The summed E-state index contributed by atoms with van der Waals surface area (Å²) in [5.74, 6) is 0.428. The predicted molar refractivity (Wildman–Crippen MR) is 127 cm³/mol. The highest BCUT2D eigenvalue weighted by atomic mass is 32.2. The van der Waals surface area contributed by atoms with Gasteiger partial charge in [0.05, 0.1) is 22.3 Å². The number of rotatable bonds is 7. The molecule has 0 fully saturated rings. The van der Waals surface area contributed by atoms with E-state index in [0.717, 1.165) is 32.9 Å². The van der Waals surface area contributed by atoms with Crippen molar-refractivity contribution in [1.29, 1.82) is 0 Å². The van der Waals surface area contributed by atoms with Crippen molar-refractivity contribution in [1.82, 2.24) is 19.5 Å². The van der Waals surface area contributed by atoms with Gasteiger partial charge >= 0.3 is 0 Å². The van der Waals surface area contributed by atoms with Gasteiger partial charge in [-0.05, 0) is 47.9 Å². The zero-order chi connectivity index (χ0) is 22.1. The van der Waals surface area contributed by atoms with Crippen molar-refractivity contribution in [2.75, 3.05) is 18.8 Å². The minimum absolute atomic E-state index is 0.259. The van der Waals surface area contributed by atoms with Crippen molar-refractivity contribution in [2.45, 2.75) is 17.9 Å². The van der Waals surface area contributed by atoms with Crippen LogP contribution >= 0.6 is 0 Å². The highest BCUT2D eigenvalue weighted by Gasteiger charge is 2.14. The molecule has 0 amide bonds. The van der Waals surface area contributed by atoms with Crippen LogP contribution in [-0.2, 0) is 16.6 Å². The highest BCUT2D eigenvalue weighted by molar-refractivity contribution is 7.89. The van der Waals surface area contributed by atoms with Crippen LogP contribution in [0.5, 0.6) is 0 Å². The van der Waals surface area contributed by atoms with Crippen molar-refractivity contribution in [3.63, 3.8) is 0 Å². The lowest BCUT2D eigenvalue weighted by molar-refractivity contribution is 0.555. The van der Waals surface area contributed by atoms with Crippen LogP contribution in [0.4, 0.5) is 5.82 Å². The van der Waals surface area contributed by atoms with E-state index < -0.39 is 10.0 Å². The zero-order valence-electron chi connectivity index (χ0n) is 17.3. The van der Waals surface area contributed by atoms with Crippen LogP contribution in [0, 0.1) is 0 Å². The number of allylic oxidation sites excluding steroid dienone is 1. The van der Waals surface area contributed by atoms with Gasteiger partial charge in [-0.2, -0.15) is 5.10 Å². The summed E-state index contributed by atoms with van der Waals surface area (Å²) in [5.41, 5.74) is 10.0. The van der Waals surface area contributed by atoms with Crippen LogP contribution in [0.25, 0.3) is 27.4 Å². The normalized spacial score (nSPS) is 13.8. The molecule has 0 saturated heterocycles. The lowest BCUT2D eigenvalue weighted by Gasteiger charge is -2.06. The molecule has 0 aliphatic carbocycles. The molecule has 0 unspecified atom stereocenters. The predicted octanol–water partition coefficient (Wildman–Crippen LogP) is 3.00. The Hall–Kier alpha value is -3.56. The molecule has 1 aliphatic rings. The number of nitrogens with one attached hydrogen (secondary N) is 1. The molecule has 0 saturated carbocycles. The Labute approximate surface area is 185 Å². The maximum atomic E-state index is 12.3. The molecule has 162 valence electrons. The SMILES string of the molecule is Nc1nc2cc(C3=CC=NC3)ccc2c2nn(CCCNS(=O)(=O)c3ccccc3)cc12. The minimum atomic E-state index is -3.51. The molecule has 8 nitrogen and oxygen atoms in total. The lowest BCUT2D eigenvalue weighted by atomic mass is 10.0. The standard InChI is InChI=1S/C23H22N6O2S/c24-23-20-15-29(12-4-10-26-32(30,31)18-5-2-1-3-6-18)28-22(20)19-8-7-16(13-21(19)27-23)17-9-11-25-14-17/h1-3,5-9,11,13,15,26H,4,10,12,14H2,(H2,24,27). The first-order valence-corrected chi connectivity index (χ1v) is 11.8. The van der Waals surface area contributed by atoms with Gasteiger partial charge in [0.15, 0.2) is 0 Å². The summed E-state index contributed by atoms with van der Waals surface area (Å²) in [6.07, 6.45) is 6.27. The van der Waals surface area contributed by atoms with Crippen molar-refractivity contribution < 1.29 is 8.42 Å². The monoisotopic (exact) mass is 446 g/mol. The van der Waals surface area contributed by atoms with Gasteiger partial charge in [-0.25, -0.2) is 18.1 Å². The summed E-state index contributed by atoms with van der Waals surface area (Å²) in [4.78, 5) is 9.07. The van der Waals surface area contributed by atoms with E-state index in [9.17, 15) is 8.42 Å². The van der Waals surface area contributed by atoms with Gasteiger partial charge < -0.3 is 5.73 Å². The average Bonchev–Trinajstić information content (AvgIpc) is 3.48. The molecule has 2 aromatic heterocycles. The van der Waals surface area contributed by atoms with Crippen molar-refractivity contribution in [2.24, 2.45) is 4.99 Å². The fraction of sp³-hybridized carbons (Fsp3) is 0.174. The Morgan fingerprint density at radius 1 is 1.09 bits per heavy atom. The van der Waals surface area contributed by atoms with Crippen molar-refractivity contribution >= 4 is 49.4 Å². The third kappa shape index (κ3) is 3.88. The number of aliphatic imine (C=N–C) groups is 1. The number of anilines is 1. The van der Waals surface area contributed by atoms with Crippen LogP contribution < -0.4 is 10.5 Å². The molecular formula is C23H22N6O2S. The number of nitrogens with zero attached hydrogens (tertiary/aromatic N) is 4. The van der Waals surface area contributed by atoms with E-state index in [-0.39, 0.29) is 4.90 Å². The van der Waals surface area contributed by atoms with Crippen molar-refractivity contribution in [3.8, 4) is 0 Å². The Kier molecular flexibility index (Phi) is 5.20. The van der Waals surface area contributed by atoms with E-state index in [2.05, 4.69) is 20.8 Å². The van der Waals surface area contributed by atoms with Gasteiger partial charge in [0.2, 0.25) is 10.0 Å². The highest BCUT2D eigenvalue weighted by Crippen LogP contribution is 2.29.